The number of carbonyl (C=O) groups is 3. The third-order valence-electron chi connectivity index (χ3n) is 12.9. The number of hydrogen-bond donors (Lipinski definition) is 0. The molecule has 0 aliphatic carbocycles. The maximum atomic E-state index is 12.9. The standard InChI is InChI=1S/C52H100N2O6/c1-6-10-22-31-47(32-23-11-7-2)45-51(56)58-43-28-20-16-14-15-18-26-35-49(60-50(55)37-30-38-54-41-39-53(5)40-42-54)36-27-19-17-21-29-44-59-52(57)46-48(33-24-12-8-3)34-25-13-9-4/h47-49H,6-46H2,1-5H3. The van der Waals surface area contributed by atoms with Gasteiger partial charge in [-0.3, -0.25) is 14.4 Å². The van der Waals surface area contributed by atoms with E-state index in [4.69, 9.17) is 14.2 Å². The molecule has 1 unspecified atom stereocenters. The van der Waals surface area contributed by atoms with Gasteiger partial charge in [0, 0.05) is 45.4 Å². The minimum Gasteiger partial charge on any atom is -0.466 e. The summed E-state index contributed by atoms with van der Waals surface area (Å²) in [5, 5.41) is 0. The van der Waals surface area contributed by atoms with Crippen molar-refractivity contribution in [1.82, 2.24) is 9.80 Å². The number of carbonyl (C=O) groups excluding carboxylic acids is 3. The number of likely N-dealkylation sites (N-methyl/N-ethyl adjacent to an activating group) is 1. The predicted octanol–water partition coefficient (Wildman–Crippen LogP) is 13.8. The first kappa shape index (κ1) is 56.3. The second kappa shape index (κ2) is 41.3. The van der Waals surface area contributed by atoms with Gasteiger partial charge < -0.3 is 24.0 Å². The van der Waals surface area contributed by atoms with Crippen molar-refractivity contribution in [1.29, 1.82) is 0 Å². The molecule has 1 aliphatic rings. The van der Waals surface area contributed by atoms with Gasteiger partial charge in [0.15, 0.2) is 0 Å². The van der Waals surface area contributed by atoms with Crippen molar-refractivity contribution in [2.45, 2.75) is 252 Å². The Labute approximate surface area is 372 Å². The number of hydrogen-bond acceptors (Lipinski definition) is 8. The van der Waals surface area contributed by atoms with Crippen LogP contribution in [0, 0.1) is 11.8 Å². The van der Waals surface area contributed by atoms with Gasteiger partial charge in [-0.1, -0.05) is 156 Å². The SMILES string of the molecule is CCCCCC(CCCCC)CC(=O)OCCCCCCCCCC(CCCCCCCOC(=O)CC(CCCCC)CCCCC)OC(=O)CCCN1CCN(C)CC1. The van der Waals surface area contributed by atoms with Crippen molar-refractivity contribution in [3.63, 3.8) is 0 Å². The molecule has 8 nitrogen and oxygen atoms in total. The van der Waals surface area contributed by atoms with E-state index < -0.39 is 0 Å². The Kier molecular flexibility index (Phi) is 38.8. The zero-order valence-electron chi connectivity index (χ0n) is 40.6. The number of piperazine rings is 1. The van der Waals surface area contributed by atoms with E-state index in [-0.39, 0.29) is 24.0 Å². The topological polar surface area (TPSA) is 85.4 Å². The lowest BCUT2D eigenvalue weighted by Crippen LogP contribution is -2.44. The van der Waals surface area contributed by atoms with Crippen molar-refractivity contribution in [2.75, 3.05) is 53.0 Å². The average Bonchev–Trinajstić information content (AvgIpc) is 3.23. The molecule has 0 amide bonds. The minimum absolute atomic E-state index is 0.00523. The predicted molar refractivity (Wildman–Crippen MR) is 252 cm³/mol. The van der Waals surface area contributed by atoms with Crippen molar-refractivity contribution in [2.24, 2.45) is 11.8 Å². The molecule has 0 spiro atoms. The summed E-state index contributed by atoms with van der Waals surface area (Å²) in [4.78, 5) is 42.9. The van der Waals surface area contributed by atoms with Gasteiger partial charge >= 0.3 is 17.9 Å². The fourth-order valence-electron chi connectivity index (χ4n) is 8.78. The lowest BCUT2D eigenvalue weighted by molar-refractivity contribution is -0.150. The Hall–Kier alpha value is -1.67. The van der Waals surface area contributed by atoms with Crippen LogP contribution in [0.5, 0.6) is 0 Å². The molecule has 0 aromatic heterocycles. The first-order valence-corrected chi connectivity index (χ1v) is 26.2. The van der Waals surface area contributed by atoms with Crippen LogP contribution in [0.25, 0.3) is 0 Å². The van der Waals surface area contributed by atoms with E-state index in [2.05, 4.69) is 44.5 Å². The molecule has 1 fully saturated rings. The molecule has 0 saturated carbocycles. The highest BCUT2D eigenvalue weighted by Gasteiger charge is 2.18. The number of esters is 3. The van der Waals surface area contributed by atoms with Gasteiger partial charge in [0.25, 0.3) is 0 Å². The molecule has 0 radical (unpaired) electrons. The van der Waals surface area contributed by atoms with Crippen LogP contribution < -0.4 is 0 Å². The van der Waals surface area contributed by atoms with E-state index >= 15 is 0 Å². The number of nitrogens with zero attached hydrogens (tertiary/aromatic N) is 2. The van der Waals surface area contributed by atoms with Gasteiger partial charge in [-0.05, 0) is 96.1 Å². The molecule has 0 N–H and O–H groups in total. The average molecular weight is 849 g/mol. The molecule has 1 rings (SSSR count). The van der Waals surface area contributed by atoms with E-state index in [0.29, 0.717) is 44.3 Å². The first-order valence-electron chi connectivity index (χ1n) is 26.2. The quantitative estimate of drug-likeness (QED) is 0.0341. The molecule has 1 saturated heterocycles. The molecular weight excluding hydrogens is 749 g/mol. The highest BCUT2D eigenvalue weighted by molar-refractivity contribution is 5.70. The highest BCUT2D eigenvalue weighted by atomic mass is 16.5. The van der Waals surface area contributed by atoms with Gasteiger partial charge in [0.2, 0.25) is 0 Å². The minimum atomic E-state index is -0.0295. The van der Waals surface area contributed by atoms with Gasteiger partial charge in [0.1, 0.15) is 6.10 Å². The lowest BCUT2D eigenvalue weighted by Gasteiger charge is -2.32. The van der Waals surface area contributed by atoms with Gasteiger partial charge in [-0.25, -0.2) is 0 Å². The van der Waals surface area contributed by atoms with Crippen LogP contribution in [0.3, 0.4) is 0 Å². The Bertz CT molecular complexity index is 966. The largest absolute Gasteiger partial charge is 0.466 e. The van der Waals surface area contributed by atoms with Crippen LogP contribution in [0.4, 0.5) is 0 Å². The lowest BCUT2D eigenvalue weighted by atomic mass is 9.92. The number of rotatable bonds is 43. The molecular formula is C52H100N2O6. The maximum Gasteiger partial charge on any atom is 0.306 e. The Morgan fingerprint density at radius 2 is 0.800 bits per heavy atom. The Morgan fingerprint density at radius 1 is 0.433 bits per heavy atom. The Balaban J connectivity index is 2.33. The van der Waals surface area contributed by atoms with Gasteiger partial charge in [0.05, 0.1) is 13.2 Å². The summed E-state index contributed by atoms with van der Waals surface area (Å²) in [7, 11) is 2.18. The third kappa shape index (κ3) is 34.9. The second-order valence-corrected chi connectivity index (χ2v) is 18.7. The number of unbranched alkanes of at least 4 members (excludes halogenated alkanes) is 18. The van der Waals surface area contributed by atoms with E-state index in [1.807, 2.05) is 0 Å². The molecule has 1 aliphatic heterocycles. The fourth-order valence-corrected chi connectivity index (χ4v) is 8.78. The highest BCUT2D eigenvalue weighted by Crippen LogP contribution is 2.24. The van der Waals surface area contributed by atoms with Crippen LogP contribution in [-0.2, 0) is 28.6 Å². The summed E-state index contributed by atoms with van der Waals surface area (Å²) < 4.78 is 17.4. The number of ether oxygens (including phenoxy) is 3. The molecule has 0 aromatic rings. The molecule has 0 aromatic carbocycles. The molecule has 8 heteroatoms. The molecule has 1 heterocycles. The van der Waals surface area contributed by atoms with Crippen molar-refractivity contribution < 1.29 is 28.6 Å². The third-order valence-corrected chi connectivity index (χ3v) is 12.9. The zero-order valence-corrected chi connectivity index (χ0v) is 40.6. The van der Waals surface area contributed by atoms with Crippen molar-refractivity contribution in [3.8, 4) is 0 Å². The van der Waals surface area contributed by atoms with Crippen LogP contribution in [-0.4, -0.2) is 86.8 Å². The first-order chi connectivity index (χ1) is 29.3. The summed E-state index contributed by atoms with van der Waals surface area (Å²) in [6.07, 6.45) is 37.1. The normalized spacial score (nSPS) is 14.2. The van der Waals surface area contributed by atoms with E-state index in [1.54, 1.807) is 0 Å². The van der Waals surface area contributed by atoms with E-state index in [0.717, 1.165) is 129 Å². The summed E-state index contributed by atoms with van der Waals surface area (Å²) in [5.41, 5.74) is 0. The summed E-state index contributed by atoms with van der Waals surface area (Å²) in [5.74, 6) is 0.937. The molecule has 1 atom stereocenters. The monoisotopic (exact) mass is 849 g/mol. The molecule has 60 heavy (non-hydrogen) atoms. The maximum absolute atomic E-state index is 12.9. The molecule has 354 valence electrons. The smallest absolute Gasteiger partial charge is 0.306 e. The van der Waals surface area contributed by atoms with Crippen LogP contribution in [0.2, 0.25) is 0 Å². The van der Waals surface area contributed by atoms with E-state index in [1.165, 1.54) is 103 Å². The zero-order chi connectivity index (χ0) is 43.7. The Morgan fingerprint density at radius 3 is 1.20 bits per heavy atom. The van der Waals surface area contributed by atoms with Crippen molar-refractivity contribution in [3.05, 3.63) is 0 Å². The van der Waals surface area contributed by atoms with Crippen LogP contribution in [0.1, 0.15) is 246 Å². The summed E-state index contributed by atoms with van der Waals surface area (Å²) in [6, 6.07) is 0. The van der Waals surface area contributed by atoms with Crippen LogP contribution >= 0.6 is 0 Å². The summed E-state index contributed by atoms with van der Waals surface area (Å²) in [6.45, 7) is 15.4. The summed E-state index contributed by atoms with van der Waals surface area (Å²) >= 11 is 0. The van der Waals surface area contributed by atoms with Crippen LogP contribution in [0.15, 0.2) is 0 Å². The molecule has 0 bridgehead atoms. The second-order valence-electron chi connectivity index (χ2n) is 18.7. The van der Waals surface area contributed by atoms with Crippen molar-refractivity contribution >= 4 is 17.9 Å². The van der Waals surface area contributed by atoms with Gasteiger partial charge in [-0.15, -0.1) is 0 Å². The van der Waals surface area contributed by atoms with E-state index in [9.17, 15) is 14.4 Å². The van der Waals surface area contributed by atoms with Gasteiger partial charge in [-0.2, -0.15) is 0 Å². The fraction of sp³-hybridized carbons (Fsp3) is 0.942.